The zero-order chi connectivity index (χ0) is 12.8. The molecule has 4 nitrogen and oxygen atoms in total. The van der Waals surface area contributed by atoms with Crippen LogP contribution in [0.25, 0.3) is 0 Å². The molecule has 1 heterocycles. The van der Waals surface area contributed by atoms with Gasteiger partial charge in [-0.2, -0.15) is 0 Å². The summed E-state index contributed by atoms with van der Waals surface area (Å²) in [5.41, 5.74) is 0.667. The van der Waals surface area contributed by atoms with Gasteiger partial charge in [-0.3, -0.25) is 0 Å². The van der Waals surface area contributed by atoms with Gasteiger partial charge in [-0.05, 0) is 24.8 Å². The number of rotatable bonds is 5. The predicted molar refractivity (Wildman–Crippen MR) is 66.4 cm³/mol. The lowest BCUT2D eigenvalue weighted by atomic mass is 10.1. The van der Waals surface area contributed by atoms with Gasteiger partial charge in [0.1, 0.15) is 0 Å². The molecule has 1 aromatic carbocycles. The highest BCUT2D eigenvalue weighted by atomic mass is 16.5. The van der Waals surface area contributed by atoms with Crippen LogP contribution >= 0.6 is 0 Å². The Bertz CT molecular complexity index is 371. The monoisotopic (exact) mass is 250 g/mol. The molecule has 0 aliphatic carbocycles. The van der Waals surface area contributed by atoms with E-state index < -0.39 is 12.1 Å². The SMILES string of the molecule is O=C(O)C(OCC1CCCCO1)c1ccccc1. The van der Waals surface area contributed by atoms with Crippen LogP contribution in [0.2, 0.25) is 0 Å². The van der Waals surface area contributed by atoms with Crippen molar-refractivity contribution in [3.8, 4) is 0 Å². The van der Waals surface area contributed by atoms with Crippen LogP contribution in [-0.2, 0) is 14.3 Å². The third-order valence-electron chi connectivity index (χ3n) is 3.05. The summed E-state index contributed by atoms with van der Waals surface area (Å²) < 4.78 is 11.0. The molecule has 18 heavy (non-hydrogen) atoms. The fourth-order valence-corrected chi connectivity index (χ4v) is 2.08. The van der Waals surface area contributed by atoms with Crippen molar-refractivity contribution in [2.75, 3.05) is 13.2 Å². The van der Waals surface area contributed by atoms with E-state index in [4.69, 9.17) is 9.47 Å². The van der Waals surface area contributed by atoms with Crippen LogP contribution in [0.15, 0.2) is 30.3 Å². The van der Waals surface area contributed by atoms with Crippen molar-refractivity contribution >= 4 is 5.97 Å². The second-order valence-electron chi connectivity index (χ2n) is 4.45. The Hall–Kier alpha value is -1.39. The summed E-state index contributed by atoms with van der Waals surface area (Å²) in [5.74, 6) is -0.961. The van der Waals surface area contributed by atoms with Gasteiger partial charge in [0.15, 0.2) is 6.10 Å². The molecule has 1 fully saturated rings. The van der Waals surface area contributed by atoms with Crippen LogP contribution in [0, 0.1) is 0 Å². The molecule has 0 spiro atoms. The minimum Gasteiger partial charge on any atom is -0.479 e. The van der Waals surface area contributed by atoms with E-state index in [0.29, 0.717) is 12.2 Å². The van der Waals surface area contributed by atoms with E-state index in [2.05, 4.69) is 0 Å². The first-order valence-electron chi connectivity index (χ1n) is 6.28. The van der Waals surface area contributed by atoms with Gasteiger partial charge in [-0.15, -0.1) is 0 Å². The van der Waals surface area contributed by atoms with Crippen LogP contribution in [0.4, 0.5) is 0 Å². The van der Waals surface area contributed by atoms with E-state index in [1.165, 1.54) is 0 Å². The second kappa shape index (κ2) is 6.52. The second-order valence-corrected chi connectivity index (χ2v) is 4.45. The zero-order valence-electron chi connectivity index (χ0n) is 10.2. The number of hydrogen-bond donors (Lipinski definition) is 1. The quantitative estimate of drug-likeness (QED) is 0.871. The molecule has 0 radical (unpaired) electrons. The average molecular weight is 250 g/mol. The number of aliphatic carboxylic acids is 1. The van der Waals surface area contributed by atoms with Crippen molar-refractivity contribution in [1.29, 1.82) is 0 Å². The van der Waals surface area contributed by atoms with Crippen molar-refractivity contribution < 1.29 is 19.4 Å². The molecular weight excluding hydrogens is 232 g/mol. The molecule has 1 aliphatic rings. The lowest BCUT2D eigenvalue weighted by molar-refractivity contribution is -0.154. The Labute approximate surface area is 107 Å². The van der Waals surface area contributed by atoms with E-state index in [-0.39, 0.29) is 6.10 Å². The molecule has 2 unspecified atom stereocenters. The third-order valence-corrected chi connectivity index (χ3v) is 3.05. The number of carboxylic acid groups (broad SMARTS) is 1. The molecule has 0 saturated carbocycles. The van der Waals surface area contributed by atoms with Crippen LogP contribution in [0.5, 0.6) is 0 Å². The van der Waals surface area contributed by atoms with Crippen LogP contribution in [-0.4, -0.2) is 30.4 Å². The molecular formula is C14H18O4. The molecule has 0 amide bonds. The molecule has 1 N–H and O–H groups in total. The summed E-state index contributed by atoms with van der Waals surface area (Å²) >= 11 is 0. The molecule has 1 aromatic rings. The molecule has 2 atom stereocenters. The minimum absolute atomic E-state index is 0.0318. The zero-order valence-corrected chi connectivity index (χ0v) is 10.2. The maximum absolute atomic E-state index is 11.2. The summed E-state index contributed by atoms with van der Waals surface area (Å²) in [6.07, 6.45) is 2.27. The Kier molecular flexibility index (Phi) is 4.73. The van der Waals surface area contributed by atoms with Gasteiger partial charge in [0, 0.05) is 6.61 Å². The first-order chi connectivity index (χ1) is 8.77. The highest BCUT2D eigenvalue weighted by molar-refractivity contribution is 5.74. The third kappa shape index (κ3) is 3.55. The molecule has 1 aliphatic heterocycles. The van der Waals surface area contributed by atoms with Crippen molar-refractivity contribution in [2.24, 2.45) is 0 Å². The largest absolute Gasteiger partial charge is 0.479 e. The van der Waals surface area contributed by atoms with Crippen molar-refractivity contribution in [3.63, 3.8) is 0 Å². The minimum atomic E-state index is -0.961. The Morgan fingerprint density at radius 3 is 2.78 bits per heavy atom. The topological polar surface area (TPSA) is 55.8 Å². The molecule has 0 aromatic heterocycles. The molecule has 2 rings (SSSR count). The van der Waals surface area contributed by atoms with E-state index in [0.717, 1.165) is 25.9 Å². The maximum Gasteiger partial charge on any atom is 0.337 e. The average Bonchev–Trinajstić information content (AvgIpc) is 2.41. The first kappa shape index (κ1) is 13.1. The van der Waals surface area contributed by atoms with E-state index >= 15 is 0 Å². The van der Waals surface area contributed by atoms with Crippen molar-refractivity contribution in [3.05, 3.63) is 35.9 Å². The van der Waals surface area contributed by atoms with E-state index in [9.17, 15) is 9.90 Å². The number of ether oxygens (including phenoxy) is 2. The van der Waals surface area contributed by atoms with Crippen LogP contribution in [0.1, 0.15) is 30.9 Å². The summed E-state index contributed by atoms with van der Waals surface area (Å²) in [6, 6.07) is 9.01. The summed E-state index contributed by atoms with van der Waals surface area (Å²) in [4.78, 5) is 11.2. The van der Waals surface area contributed by atoms with Gasteiger partial charge in [-0.1, -0.05) is 30.3 Å². The number of carboxylic acids is 1. The highest BCUT2D eigenvalue weighted by Gasteiger charge is 2.23. The molecule has 0 bridgehead atoms. The Morgan fingerprint density at radius 1 is 1.39 bits per heavy atom. The van der Waals surface area contributed by atoms with E-state index in [1.54, 1.807) is 12.1 Å². The summed E-state index contributed by atoms with van der Waals surface area (Å²) in [6.45, 7) is 1.09. The lowest BCUT2D eigenvalue weighted by Crippen LogP contribution is -2.27. The highest BCUT2D eigenvalue weighted by Crippen LogP contribution is 2.20. The Balaban J connectivity index is 1.92. The fraction of sp³-hybridized carbons (Fsp3) is 0.500. The van der Waals surface area contributed by atoms with Gasteiger partial charge in [-0.25, -0.2) is 4.79 Å². The molecule has 4 heteroatoms. The van der Waals surface area contributed by atoms with Gasteiger partial charge in [0.2, 0.25) is 0 Å². The summed E-state index contributed by atoms with van der Waals surface area (Å²) in [5, 5.41) is 9.19. The van der Waals surface area contributed by atoms with Gasteiger partial charge < -0.3 is 14.6 Å². The van der Waals surface area contributed by atoms with Gasteiger partial charge >= 0.3 is 5.97 Å². The molecule has 98 valence electrons. The number of carbonyl (C=O) groups is 1. The summed E-state index contributed by atoms with van der Waals surface area (Å²) in [7, 11) is 0. The maximum atomic E-state index is 11.2. The standard InChI is InChI=1S/C14H18O4/c15-14(16)13(11-6-2-1-3-7-11)18-10-12-8-4-5-9-17-12/h1-3,6-7,12-13H,4-5,8-10H2,(H,15,16). The molecule has 1 saturated heterocycles. The Morgan fingerprint density at radius 2 is 2.17 bits per heavy atom. The normalized spacial score (nSPS) is 21.4. The number of benzene rings is 1. The van der Waals surface area contributed by atoms with E-state index in [1.807, 2.05) is 18.2 Å². The van der Waals surface area contributed by atoms with Gasteiger partial charge in [0.25, 0.3) is 0 Å². The number of hydrogen-bond acceptors (Lipinski definition) is 3. The fourth-order valence-electron chi connectivity index (χ4n) is 2.08. The van der Waals surface area contributed by atoms with Gasteiger partial charge in [0.05, 0.1) is 12.7 Å². The lowest BCUT2D eigenvalue weighted by Gasteiger charge is -2.24. The predicted octanol–water partition coefficient (Wildman–Crippen LogP) is 2.40. The smallest absolute Gasteiger partial charge is 0.337 e. The first-order valence-corrected chi connectivity index (χ1v) is 6.28. The van der Waals surface area contributed by atoms with Crippen molar-refractivity contribution in [2.45, 2.75) is 31.5 Å². The van der Waals surface area contributed by atoms with Crippen LogP contribution in [0.3, 0.4) is 0 Å². The van der Waals surface area contributed by atoms with Crippen LogP contribution < -0.4 is 0 Å². The van der Waals surface area contributed by atoms with Crippen molar-refractivity contribution in [1.82, 2.24) is 0 Å².